The van der Waals surface area contributed by atoms with Gasteiger partial charge in [-0.1, -0.05) is 0 Å². The number of carbonyl (C=O) groups is 1. The second-order valence-electron chi connectivity index (χ2n) is 3.73. The number of hydrogen-bond acceptors (Lipinski definition) is 3. The zero-order valence-corrected chi connectivity index (χ0v) is 8.62. The zero-order chi connectivity index (χ0) is 10.4. The lowest BCUT2D eigenvalue weighted by Gasteiger charge is -2.23. The molecule has 1 heterocycles. The second kappa shape index (κ2) is 5.61. The Morgan fingerprint density at radius 1 is 1.57 bits per heavy atom. The fourth-order valence-electron chi connectivity index (χ4n) is 1.71. The predicted octanol–water partition coefficient (Wildman–Crippen LogP) is 0.501. The molecule has 0 radical (unpaired) electrons. The molecule has 1 amide bonds. The standard InChI is InChI=1S/C10H17N3O/c1-9(13-6-2-3-7-13)8-12-10(14)4-5-11/h9H,2-4,6-8H2,1H3,(H,12,14). The van der Waals surface area contributed by atoms with E-state index in [0.717, 1.165) is 13.1 Å². The molecule has 0 bridgehead atoms. The van der Waals surface area contributed by atoms with E-state index >= 15 is 0 Å². The number of nitrogens with zero attached hydrogens (tertiary/aromatic N) is 2. The van der Waals surface area contributed by atoms with Crippen LogP contribution < -0.4 is 5.32 Å². The fraction of sp³-hybridized carbons (Fsp3) is 0.800. The maximum absolute atomic E-state index is 11.0. The molecule has 4 heteroatoms. The van der Waals surface area contributed by atoms with E-state index in [1.807, 2.05) is 6.07 Å². The van der Waals surface area contributed by atoms with Gasteiger partial charge in [0.1, 0.15) is 6.42 Å². The average molecular weight is 195 g/mol. The van der Waals surface area contributed by atoms with E-state index < -0.39 is 0 Å². The smallest absolute Gasteiger partial charge is 0.234 e. The van der Waals surface area contributed by atoms with Gasteiger partial charge >= 0.3 is 0 Å². The second-order valence-corrected chi connectivity index (χ2v) is 3.73. The molecule has 1 atom stereocenters. The number of nitrogens with one attached hydrogen (secondary N) is 1. The van der Waals surface area contributed by atoms with Gasteiger partial charge in [-0.05, 0) is 32.9 Å². The molecule has 1 fully saturated rings. The van der Waals surface area contributed by atoms with Gasteiger partial charge in [0.2, 0.25) is 5.91 Å². The number of amides is 1. The summed E-state index contributed by atoms with van der Waals surface area (Å²) in [4.78, 5) is 13.4. The first kappa shape index (κ1) is 11.0. The van der Waals surface area contributed by atoms with Gasteiger partial charge in [0.15, 0.2) is 0 Å². The summed E-state index contributed by atoms with van der Waals surface area (Å²) in [6.07, 6.45) is 2.49. The predicted molar refractivity (Wildman–Crippen MR) is 53.5 cm³/mol. The van der Waals surface area contributed by atoms with Crippen molar-refractivity contribution in [1.29, 1.82) is 5.26 Å². The maximum atomic E-state index is 11.0. The Balaban J connectivity index is 2.17. The highest BCUT2D eigenvalue weighted by Gasteiger charge is 2.17. The van der Waals surface area contributed by atoms with E-state index in [4.69, 9.17) is 5.26 Å². The fourth-order valence-corrected chi connectivity index (χ4v) is 1.71. The topological polar surface area (TPSA) is 56.1 Å². The van der Waals surface area contributed by atoms with E-state index in [2.05, 4.69) is 17.1 Å². The highest BCUT2D eigenvalue weighted by molar-refractivity contribution is 5.77. The van der Waals surface area contributed by atoms with Gasteiger partial charge in [0.05, 0.1) is 6.07 Å². The number of rotatable bonds is 4. The van der Waals surface area contributed by atoms with Crippen molar-refractivity contribution in [2.75, 3.05) is 19.6 Å². The molecule has 0 aromatic carbocycles. The molecule has 78 valence electrons. The third-order valence-corrected chi connectivity index (χ3v) is 2.60. The Morgan fingerprint density at radius 3 is 2.79 bits per heavy atom. The first-order valence-corrected chi connectivity index (χ1v) is 5.11. The number of nitriles is 1. The molecule has 0 saturated carbocycles. The monoisotopic (exact) mass is 195 g/mol. The Labute approximate surface area is 84.9 Å². The van der Waals surface area contributed by atoms with Crippen molar-refractivity contribution in [3.8, 4) is 6.07 Å². The summed E-state index contributed by atoms with van der Waals surface area (Å²) in [5.41, 5.74) is 0. The van der Waals surface area contributed by atoms with Gasteiger partial charge < -0.3 is 5.32 Å². The zero-order valence-electron chi connectivity index (χ0n) is 8.62. The number of likely N-dealkylation sites (tertiary alicyclic amines) is 1. The highest BCUT2D eigenvalue weighted by atomic mass is 16.1. The van der Waals surface area contributed by atoms with Crippen molar-refractivity contribution < 1.29 is 4.79 Å². The first-order valence-electron chi connectivity index (χ1n) is 5.11. The van der Waals surface area contributed by atoms with Crippen LogP contribution in [0.15, 0.2) is 0 Å². The Hall–Kier alpha value is -1.08. The molecule has 0 spiro atoms. The van der Waals surface area contributed by atoms with Crippen molar-refractivity contribution in [2.45, 2.75) is 32.2 Å². The molecule has 0 aromatic rings. The summed E-state index contributed by atoms with van der Waals surface area (Å²) in [5.74, 6) is -0.168. The van der Waals surface area contributed by atoms with Crippen molar-refractivity contribution in [3.63, 3.8) is 0 Å². The van der Waals surface area contributed by atoms with E-state index in [1.54, 1.807) is 0 Å². The third-order valence-electron chi connectivity index (χ3n) is 2.60. The van der Waals surface area contributed by atoms with Gasteiger partial charge in [-0.25, -0.2) is 0 Å². The Bertz CT molecular complexity index is 228. The van der Waals surface area contributed by atoms with Crippen LogP contribution in [0.2, 0.25) is 0 Å². The van der Waals surface area contributed by atoms with Gasteiger partial charge in [-0.15, -0.1) is 0 Å². The SMILES string of the molecule is CC(CNC(=O)CC#N)N1CCCC1. The molecule has 1 rings (SSSR count). The molecule has 0 aromatic heterocycles. The molecule has 4 nitrogen and oxygen atoms in total. The van der Waals surface area contributed by atoms with Gasteiger partial charge in [0, 0.05) is 12.6 Å². The first-order chi connectivity index (χ1) is 6.74. The van der Waals surface area contributed by atoms with Crippen LogP contribution in [0.5, 0.6) is 0 Å². The lowest BCUT2D eigenvalue weighted by molar-refractivity contribution is -0.120. The number of carbonyl (C=O) groups excluding carboxylic acids is 1. The van der Waals surface area contributed by atoms with Gasteiger partial charge in [0.25, 0.3) is 0 Å². The molecule has 1 N–H and O–H groups in total. The third kappa shape index (κ3) is 3.35. The minimum absolute atomic E-state index is 0.0350. The van der Waals surface area contributed by atoms with Crippen molar-refractivity contribution >= 4 is 5.91 Å². The molecule has 14 heavy (non-hydrogen) atoms. The van der Waals surface area contributed by atoms with Crippen LogP contribution in [0.3, 0.4) is 0 Å². The van der Waals surface area contributed by atoms with Crippen LogP contribution in [0, 0.1) is 11.3 Å². The van der Waals surface area contributed by atoms with Crippen LogP contribution in [-0.4, -0.2) is 36.5 Å². The van der Waals surface area contributed by atoms with Crippen molar-refractivity contribution in [3.05, 3.63) is 0 Å². The van der Waals surface area contributed by atoms with Crippen LogP contribution in [-0.2, 0) is 4.79 Å². The molecule has 1 unspecified atom stereocenters. The molecule has 0 aliphatic carbocycles. The summed E-state index contributed by atoms with van der Waals surface area (Å²) in [6.45, 7) is 5.03. The molecule has 1 saturated heterocycles. The molecule has 1 aliphatic rings. The van der Waals surface area contributed by atoms with E-state index in [9.17, 15) is 4.79 Å². The van der Waals surface area contributed by atoms with Crippen LogP contribution in [0.25, 0.3) is 0 Å². The Morgan fingerprint density at radius 2 is 2.21 bits per heavy atom. The Kier molecular flexibility index (Phi) is 4.41. The van der Waals surface area contributed by atoms with Gasteiger partial charge in [-0.3, -0.25) is 9.69 Å². The van der Waals surface area contributed by atoms with Gasteiger partial charge in [-0.2, -0.15) is 5.26 Å². The number of hydrogen-bond donors (Lipinski definition) is 1. The van der Waals surface area contributed by atoms with E-state index in [1.165, 1.54) is 12.8 Å². The largest absolute Gasteiger partial charge is 0.354 e. The van der Waals surface area contributed by atoms with Crippen LogP contribution in [0.1, 0.15) is 26.2 Å². The summed E-state index contributed by atoms with van der Waals surface area (Å²) in [6, 6.07) is 2.22. The lowest BCUT2D eigenvalue weighted by Crippen LogP contribution is -2.40. The van der Waals surface area contributed by atoms with Crippen molar-refractivity contribution in [1.82, 2.24) is 10.2 Å². The van der Waals surface area contributed by atoms with Crippen molar-refractivity contribution in [2.24, 2.45) is 0 Å². The van der Waals surface area contributed by atoms with Crippen LogP contribution >= 0.6 is 0 Å². The summed E-state index contributed by atoms with van der Waals surface area (Å²) in [5, 5.41) is 11.0. The normalized spacial score (nSPS) is 18.9. The summed E-state index contributed by atoms with van der Waals surface area (Å²) in [7, 11) is 0. The highest BCUT2D eigenvalue weighted by Crippen LogP contribution is 2.10. The van der Waals surface area contributed by atoms with E-state index in [-0.39, 0.29) is 12.3 Å². The van der Waals surface area contributed by atoms with E-state index in [0.29, 0.717) is 12.6 Å². The maximum Gasteiger partial charge on any atom is 0.234 e. The average Bonchev–Trinajstić information content (AvgIpc) is 2.67. The molecule has 1 aliphatic heterocycles. The molecular weight excluding hydrogens is 178 g/mol. The molecular formula is C10H17N3O. The quantitative estimate of drug-likeness (QED) is 0.710. The minimum Gasteiger partial charge on any atom is -0.354 e. The minimum atomic E-state index is -0.168. The van der Waals surface area contributed by atoms with Crippen LogP contribution in [0.4, 0.5) is 0 Å². The summed E-state index contributed by atoms with van der Waals surface area (Å²) < 4.78 is 0. The lowest BCUT2D eigenvalue weighted by atomic mass is 10.3. The summed E-state index contributed by atoms with van der Waals surface area (Å²) >= 11 is 0.